The van der Waals surface area contributed by atoms with Crippen LogP contribution in [0, 0.1) is 5.92 Å². The summed E-state index contributed by atoms with van der Waals surface area (Å²) < 4.78 is 5.14. The van der Waals surface area contributed by atoms with Crippen LogP contribution in [0.2, 0.25) is 0 Å². The average molecular weight is 180 g/mol. The molecule has 0 amide bonds. The number of hydrogen-bond donors (Lipinski definition) is 0. The highest BCUT2D eigenvalue weighted by atomic mass is 16.6. The maximum atomic E-state index is 11.5. The topological polar surface area (TPSA) is 43.4 Å². The van der Waals surface area contributed by atoms with Gasteiger partial charge in [-0.05, 0) is 25.2 Å². The Morgan fingerprint density at radius 3 is 2.92 bits per heavy atom. The first-order valence-corrected chi connectivity index (χ1v) is 4.55. The molecule has 13 heavy (non-hydrogen) atoms. The summed E-state index contributed by atoms with van der Waals surface area (Å²) in [5, 5.41) is 0. The Labute approximate surface area is 76.8 Å². The molecule has 70 valence electrons. The highest BCUT2D eigenvalue weighted by Crippen LogP contribution is 2.47. The lowest BCUT2D eigenvalue weighted by atomic mass is 9.95. The molecule has 2 aliphatic rings. The molecule has 3 nitrogen and oxygen atoms in total. The molecule has 2 aliphatic carbocycles. The summed E-state index contributed by atoms with van der Waals surface area (Å²) in [7, 11) is 0. The van der Waals surface area contributed by atoms with Gasteiger partial charge in [0.1, 0.15) is 0 Å². The van der Waals surface area contributed by atoms with Gasteiger partial charge in [-0.25, -0.2) is 4.79 Å². The first-order valence-electron chi connectivity index (χ1n) is 4.55. The van der Waals surface area contributed by atoms with Gasteiger partial charge >= 0.3 is 5.97 Å². The zero-order chi connectivity index (χ0) is 9.47. The Kier molecular flexibility index (Phi) is 1.75. The van der Waals surface area contributed by atoms with Crippen LogP contribution in [0.25, 0.3) is 0 Å². The van der Waals surface area contributed by atoms with Crippen LogP contribution < -0.4 is 0 Å². The minimum Gasteiger partial charge on any atom is -0.448 e. The van der Waals surface area contributed by atoms with E-state index in [1.807, 2.05) is 0 Å². The molecule has 2 unspecified atom stereocenters. The van der Waals surface area contributed by atoms with Gasteiger partial charge in [-0.2, -0.15) is 0 Å². The fourth-order valence-corrected chi connectivity index (χ4v) is 2.37. The van der Waals surface area contributed by atoms with Gasteiger partial charge in [-0.3, -0.25) is 4.79 Å². The normalized spacial score (nSPS) is 36.3. The van der Waals surface area contributed by atoms with Crippen molar-refractivity contribution in [3.8, 4) is 0 Å². The van der Waals surface area contributed by atoms with E-state index in [4.69, 9.17) is 4.74 Å². The van der Waals surface area contributed by atoms with Gasteiger partial charge in [0, 0.05) is 12.5 Å². The fourth-order valence-electron chi connectivity index (χ4n) is 2.37. The minimum absolute atomic E-state index is 0.0963. The fraction of sp³-hybridized carbons (Fsp3) is 0.600. The minimum atomic E-state index is -0.768. The summed E-state index contributed by atoms with van der Waals surface area (Å²) in [5.41, 5.74) is -0.768. The summed E-state index contributed by atoms with van der Waals surface area (Å²) in [6.45, 7) is 3.32. The van der Waals surface area contributed by atoms with Crippen molar-refractivity contribution < 1.29 is 14.3 Å². The maximum absolute atomic E-state index is 11.5. The number of fused-ring (bicyclic) bond motifs is 2. The molecule has 0 aliphatic heterocycles. The van der Waals surface area contributed by atoms with Gasteiger partial charge in [0.2, 0.25) is 0 Å². The van der Waals surface area contributed by atoms with Crippen molar-refractivity contribution in [2.45, 2.75) is 31.3 Å². The zero-order valence-corrected chi connectivity index (χ0v) is 7.41. The maximum Gasteiger partial charge on any atom is 0.331 e. The Morgan fingerprint density at radius 1 is 1.69 bits per heavy atom. The third-order valence-electron chi connectivity index (χ3n) is 3.02. The average Bonchev–Trinajstić information content (AvgIpc) is 2.61. The number of carbonyl (C=O) groups excluding carboxylic acids is 2. The van der Waals surface area contributed by atoms with Crippen LogP contribution in [0.15, 0.2) is 12.7 Å². The predicted octanol–water partition coefficient (Wildman–Crippen LogP) is 1.23. The Bertz CT molecular complexity index is 282. The molecule has 0 aromatic rings. The summed E-state index contributed by atoms with van der Waals surface area (Å²) in [4.78, 5) is 22.5. The van der Waals surface area contributed by atoms with Crippen molar-refractivity contribution in [1.82, 2.24) is 0 Å². The van der Waals surface area contributed by atoms with E-state index in [0.717, 1.165) is 18.9 Å². The molecule has 0 aromatic heterocycles. The molecule has 2 rings (SSSR count). The van der Waals surface area contributed by atoms with Gasteiger partial charge in [-0.1, -0.05) is 6.58 Å². The van der Waals surface area contributed by atoms with E-state index in [0.29, 0.717) is 18.8 Å². The van der Waals surface area contributed by atoms with Crippen molar-refractivity contribution in [3.05, 3.63) is 12.7 Å². The standard InChI is InChI=1S/C10H12O3/c1-2-9(12)13-10-4-3-7(6-10)5-8(10)11/h2,7H,1,3-6H2. The van der Waals surface area contributed by atoms with Crippen molar-refractivity contribution >= 4 is 11.8 Å². The molecule has 2 bridgehead atoms. The van der Waals surface area contributed by atoms with Gasteiger partial charge in [0.25, 0.3) is 0 Å². The first kappa shape index (κ1) is 8.48. The lowest BCUT2D eigenvalue weighted by molar-refractivity contribution is -0.160. The molecule has 0 radical (unpaired) electrons. The third kappa shape index (κ3) is 1.19. The third-order valence-corrected chi connectivity index (χ3v) is 3.02. The largest absolute Gasteiger partial charge is 0.448 e. The van der Waals surface area contributed by atoms with E-state index in [9.17, 15) is 9.59 Å². The zero-order valence-electron chi connectivity index (χ0n) is 7.41. The molecule has 0 spiro atoms. The molecule has 0 saturated heterocycles. The van der Waals surface area contributed by atoms with Gasteiger partial charge in [-0.15, -0.1) is 0 Å². The molecule has 0 heterocycles. The lowest BCUT2D eigenvalue weighted by Crippen LogP contribution is -2.37. The number of carbonyl (C=O) groups is 2. The van der Waals surface area contributed by atoms with Crippen molar-refractivity contribution in [2.75, 3.05) is 0 Å². The van der Waals surface area contributed by atoms with E-state index in [2.05, 4.69) is 6.58 Å². The second-order valence-corrected chi connectivity index (χ2v) is 3.86. The van der Waals surface area contributed by atoms with Gasteiger partial charge < -0.3 is 4.74 Å². The van der Waals surface area contributed by atoms with Crippen molar-refractivity contribution in [1.29, 1.82) is 0 Å². The van der Waals surface area contributed by atoms with Crippen LogP contribution in [0.5, 0.6) is 0 Å². The molecule has 2 atom stereocenters. The monoisotopic (exact) mass is 180 g/mol. The molecule has 3 heteroatoms. The number of ketones is 1. The van der Waals surface area contributed by atoms with Crippen LogP contribution in [0.1, 0.15) is 25.7 Å². The van der Waals surface area contributed by atoms with E-state index >= 15 is 0 Å². The number of esters is 1. The molecular weight excluding hydrogens is 168 g/mol. The molecule has 2 fully saturated rings. The van der Waals surface area contributed by atoms with Gasteiger partial charge in [0.15, 0.2) is 11.4 Å². The summed E-state index contributed by atoms with van der Waals surface area (Å²) >= 11 is 0. The van der Waals surface area contributed by atoms with Gasteiger partial charge in [0.05, 0.1) is 0 Å². The Morgan fingerprint density at radius 2 is 2.46 bits per heavy atom. The number of rotatable bonds is 2. The molecule has 0 aromatic carbocycles. The van der Waals surface area contributed by atoms with Crippen molar-refractivity contribution in [2.24, 2.45) is 5.92 Å². The summed E-state index contributed by atoms with van der Waals surface area (Å²) in [6.07, 6.45) is 4.15. The summed E-state index contributed by atoms with van der Waals surface area (Å²) in [6, 6.07) is 0. The SMILES string of the molecule is C=CC(=O)OC12CCC(CC1=O)C2. The van der Waals surface area contributed by atoms with E-state index in [-0.39, 0.29) is 5.78 Å². The van der Waals surface area contributed by atoms with Crippen LogP contribution in [-0.4, -0.2) is 17.4 Å². The highest BCUT2D eigenvalue weighted by molar-refractivity contribution is 5.94. The number of hydrogen-bond acceptors (Lipinski definition) is 3. The van der Waals surface area contributed by atoms with Crippen LogP contribution in [0.4, 0.5) is 0 Å². The van der Waals surface area contributed by atoms with Crippen LogP contribution in [-0.2, 0) is 14.3 Å². The predicted molar refractivity (Wildman–Crippen MR) is 46.0 cm³/mol. The Hall–Kier alpha value is -1.12. The van der Waals surface area contributed by atoms with Crippen LogP contribution >= 0.6 is 0 Å². The Balaban J connectivity index is 2.15. The second kappa shape index (κ2) is 2.69. The summed E-state index contributed by atoms with van der Waals surface area (Å²) in [5.74, 6) is 0.0694. The molecule has 0 N–H and O–H groups in total. The number of ether oxygens (including phenoxy) is 1. The van der Waals surface area contributed by atoms with E-state index in [1.165, 1.54) is 0 Å². The van der Waals surface area contributed by atoms with Crippen LogP contribution in [0.3, 0.4) is 0 Å². The molecular formula is C10H12O3. The van der Waals surface area contributed by atoms with Crippen molar-refractivity contribution in [3.63, 3.8) is 0 Å². The highest BCUT2D eigenvalue weighted by Gasteiger charge is 2.54. The van der Waals surface area contributed by atoms with E-state index in [1.54, 1.807) is 0 Å². The first-order chi connectivity index (χ1) is 6.16. The van der Waals surface area contributed by atoms with E-state index < -0.39 is 11.6 Å². The lowest BCUT2D eigenvalue weighted by Gasteiger charge is -2.24. The smallest absolute Gasteiger partial charge is 0.331 e. The molecule has 2 saturated carbocycles. The second-order valence-electron chi connectivity index (χ2n) is 3.86. The quantitative estimate of drug-likeness (QED) is 0.474. The number of Topliss-reactive ketones (excluding diaryl/α,β-unsaturated/α-hetero) is 1.